The van der Waals surface area contributed by atoms with Gasteiger partial charge in [0.25, 0.3) is 11.8 Å². The predicted octanol–water partition coefficient (Wildman–Crippen LogP) is 3.69. The average Bonchev–Trinajstić information content (AvgIpc) is 3.62. The molecular formula is C34H43N7O6. The molecule has 1 unspecified atom stereocenters. The van der Waals surface area contributed by atoms with Gasteiger partial charge in [-0.25, -0.2) is 4.79 Å². The number of nitrogens with one attached hydrogen (secondary N) is 2. The van der Waals surface area contributed by atoms with Crippen molar-refractivity contribution in [2.45, 2.75) is 83.5 Å². The van der Waals surface area contributed by atoms with E-state index in [4.69, 9.17) is 4.74 Å². The lowest BCUT2D eigenvalue weighted by atomic mass is 9.94. The van der Waals surface area contributed by atoms with Crippen molar-refractivity contribution in [3.63, 3.8) is 0 Å². The number of fused-ring (bicyclic) bond motifs is 1. The van der Waals surface area contributed by atoms with Crippen molar-refractivity contribution in [2.24, 2.45) is 5.92 Å². The Labute approximate surface area is 274 Å². The maximum Gasteiger partial charge on any atom is 0.410 e. The number of carbonyl (C=O) groups excluding carboxylic acids is 5. The van der Waals surface area contributed by atoms with Crippen molar-refractivity contribution in [3.8, 4) is 0 Å². The van der Waals surface area contributed by atoms with Gasteiger partial charge in [0.05, 0.1) is 23.4 Å². The summed E-state index contributed by atoms with van der Waals surface area (Å²) in [6, 6.07) is 4.39. The van der Waals surface area contributed by atoms with Crippen LogP contribution < -0.4 is 10.6 Å². The van der Waals surface area contributed by atoms with E-state index in [2.05, 4.69) is 22.3 Å². The SMILES string of the molecule is C=C1CCC(N2C(=O)c3cccc(NCc4cnn(C5CCN(C(=O)C6CCN(C(=O)OC(C)(C)C)CC6)CC5)c4)c3C2=O)C(=O)N1. The summed E-state index contributed by atoms with van der Waals surface area (Å²) in [5, 5.41) is 10.5. The highest BCUT2D eigenvalue weighted by atomic mass is 16.6. The topological polar surface area (TPSA) is 146 Å². The van der Waals surface area contributed by atoms with Crippen molar-refractivity contribution in [1.29, 1.82) is 0 Å². The molecule has 3 fully saturated rings. The summed E-state index contributed by atoms with van der Waals surface area (Å²) in [6.45, 7) is 12.1. The number of likely N-dealkylation sites (tertiary alicyclic amines) is 2. The molecule has 3 saturated heterocycles. The van der Waals surface area contributed by atoms with Gasteiger partial charge in [-0.15, -0.1) is 0 Å². The normalized spacial score (nSPS) is 21.2. The number of nitrogens with zero attached hydrogens (tertiary/aromatic N) is 5. The molecule has 1 aromatic heterocycles. The second-order valence-electron chi connectivity index (χ2n) is 13.8. The second kappa shape index (κ2) is 12.8. The Bertz CT molecular complexity index is 1590. The third-order valence-electron chi connectivity index (χ3n) is 9.36. The van der Waals surface area contributed by atoms with Crippen LogP contribution in [-0.2, 0) is 20.9 Å². The molecule has 0 bridgehead atoms. The first kappa shape index (κ1) is 32.3. The Balaban J connectivity index is 1.00. The molecular weight excluding hydrogens is 602 g/mol. The molecule has 250 valence electrons. The monoisotopic (exact) mass is 645 g/mol. The molecule has 47 heavy (non-hydrogen) atoms. The fourth-order valence-electron chi connectivity index (χ4n) is 6.85. The summed E-state index contributed by atoms with van der Waals surface area (Å²) in [5.41, 5.74) is 2.03. The van der Waals surface area contributed by atoms with E-state index in [0.717, 1.165) is 23.3 Å². The van der Waals surface area contributed by atoms with E-state index in [9.17, 15) is 24.0 Å². The van der Waals surface area contributed by atoms with Gasteiger partial charge in [-0.05, 0) is 71.4 Å². The number of benzene rings is 1. The number of hydrogen-bond acceptors (Lipinski definition) is 8. The zero-order valence-electron chi connectivity index (χ0n) is 27.3. The minimum atomic E-state index is -0.863. The van der Waals surface area contributed by atoms with E-state index in [0.29, 0.717) is 69.8 Å². The first-order valence-electron chi connectivity index (χ1n) is 16.4. The maximum absolute atomic E-state index is 13.4. The Morgan fingerprint density at radius 2 is 1.70 bits per heavy atom. The van der Waals surface area contributed by atoms with E-state index in [-0.39, 0.29) is 35.1 Å². The van der Waals surface area contributed by atoms with Crippen LogP contribution in [0.25, 0.3) is 0 Å². The van der Waals surface area contributed by atoms with Crippen LogP contribution in [-0.4, -0.2) is 92.0 Å². The molecule has 5 amide bonds. The molecule has 2 N–H and O–H groups in total. The van der Waals surface area contributed by atoms with Crippen molar-refractivity contribution >= 4 is 35.4 Å². The molecule has 13 nitrogen and oxygen atoms in total. The van der Waals surface area contributed by atoms with E-state index in [1.165, 1.54) is 0 Å². The summed E-state index contributed by atoms with van der Waals surface area (Å²) >= 11 is 0. The first-order valence-corrected chi connectivity index (χ1v) is 16.4. The molecule has 13 heteroatoms. The standard InChI is InChI=1S/C34H43N7O6/c1-21-8-9-27(29(42)37-21)41-31(44)25-6-5-7-26(28(25)32(41)45)35-18-22-19-36-40(20-22)24-12-16-38(17-13-24)30(43)23-10-14-39(15-11-23)33(46)47-34(2,3)4/h5-7,19-20,23-24,27,35H,1,8-18H2,2-4H3,(H,37,42). The highest BCUT2D eigenvalue weighted by Gasteiger charge is 2.45. The van der Waals surface area contributed by atoms with Gasteiger partial charge in [0.1, 0.15) is 11.6 Å². The Kier molecular flexibility index (Phi) is 8.82. The minimum absolute atomic E-state index is 0.0823. The van der Waals surface area contributed by atoms with Gasteiger partial charge in [0, 0.05) is 61.8 Å². The number of imide groups is 1. The number of allylic oxidation sites excluding steroid dienone is 1. The van der Waals surface area contributed by atoms with Gasteiger partial charge >= 0.3 is 6.09 Å². The van der Waals surface area contributed by atoms with E-state index in [1.807, 2.05) is 36.5 Å². The lowest BCUT2D eigenvalue weighted by Crippen LogP contribution is -2.51. The summed E-state index contributed by atoms with van der Waals surface area (Å²) in [7, 11) is 0. The van der Waals surface area contributed by atoms with Gasteiger partial charge < -0.3 is 25.2 Å². The fourth-order valence-corrected chi connectivity index (χ4v) is 6.85. The Morgan fingerprint density at radius 1 is 1.00 bits per heavy atom. The van der Waals surface area contributed by atoms with Crippen molar-refractivity contribution in [1.82, 2.24) is 29.8 Å². The average molecular weight is 646 g/mol. The van der Waals surface area contributed by atoms with Crippen molar-refractivity contribution in [2.75, 3.05) is 31.5 Å². The quantitative estimate of drug-likeness (QED) is 0.453. The molecule has 0 radical (unpaired) electrons. The van der Waals surface area contributed by atoms with Crippen LogP contribution in [0.3, 0.4) is 0 Å². The zero-order valence-corrected chi connectivity index (χ0v) is 27.3. The molecule has 0 spiro atoms. The van der Waals surface area contributed by atoms with Crippen LogP contribution >= 0.6 is 0 Å². The molecule has 4 aliphatic heterocycles. The van der Waals surface area contributed by atoms with Crippen LogP contribution in [0.5, 0.6) is 0 Å². The second-order valence-corrected chi connectivity index (χ2v) is 13.8. The lowest BCUT2D eigenvalue weighted by Gasteiger charge is -2.37. The van der Waals surface area contributed by atoms with Gasteiger partial charge in [0.15, 0.2) is 0 Å². The molecule has 0 aliphatic carbocycles. The number of rotatable bonds is 6. The summed E-state index contributed by atoms with van der Waals surface area (Å²) < 4.78 is 7.42. The Hall–Kier alpha value is -4.68. The maximum atomic E-state index is 13.4. The van der Waals surface area contributed by atoms with Crippen LogP contribution in [0.2, 0.25) is 0 Å². The highest BCUT2D eigenvalue weighted by molar-refractivity contribution is 6.25. The Morgan fingerprint density at radius 3 is 2.38 bits per heavy atom. The zero-order chi connectivity index (χ0) is 33.5. The number of hydrogen-bond donors (Lipinski definition) is 2. The van der Waals surface area contributed by atoms with Crippen LogP contribution in [0.4, 0.5) is 10.5 Å². The summed E-state index contributed by atoms with van der Waals surface area (Å²) in [4.78, 5) is 69.6. The van der Waals surface area contributed by atoms with Gasteiger partial charge in [-0.2, -0.15) is 5.10 Å². The van der Waals surface area contributed by atoms with E-state index in [1.54, 1.807) is 29.3 Å². The van der Waals surface area contributed by atoms with E-state index >= 15 is 0 Å². The molecule has 0 saturated carbocycles. The molecule has 2 aromatic rings. The molecule has 5 heterocycles. The number of ether oxygens (including phenoxy) is 1. The van der Waals surface area contributed by atoms with Crippen LogP contribution in [0.15, 0.2) is 42.9 Å². The first-order chi connectivity index (χ1) is 22.4. The molecule has 4 aliphatic rings. The summed E-state index contributed by atoms with van der Waals surface area (Å²) in [5.74, 6) is -1.26. The highest BCUT2D eigenvalue weighted by Crippen LogP contribution is 2.33. The molecule has 6 rings (SSSR count). The number of carbonyl (C=O) groups is 5. The molecule has 1 atom stereocenters. The number of piperidine rings is 3. The smallest absolute Gasteiger partial charge is 0.410 e. The summed E-state index contributed by atoms with van der Waals surface area (Å²) in [6.07, 6.45) is 7.15. The van der Waals surface area contributed by atoms with Gasteiger partial charge in [-0.1, -0.05) is 12.6 Å². The number of amides is 5. The largest absolute Gasteiger partial charge is 0.444 e. The van der Waals surface area contributed by atoms with E-state index < -0.39 is 29.4 Å². The van der Waals surface area contributed by atoms with Crippen LogP contribution in [0.1, 0.15) is 91.6 Å². The van der Waals surface area contributed by atoms with Gasteiger partial charge in [-0.3, -0.25) is 28.8 Å². The number of anilines is 1. The third-order valence-corrected chi connectivity index (χ3v) is 9.36. The lowest BCUT2D eigenvalue weighted by molar-refractivity contribution is -0.138. The van der Waals surface area contributed by atoms with Crippen molar-refractivity contribution < 1.29 is 28.7 Å². The fraction of sp³-hybridized carbons (Fsp3) is 0.529. The number of aromatic nitrogens is 2. The van der Waals surface area contributed by atoms with Crippen molar-refractivity contribution in [3.05, 3.63) is 59.6 Å². The minimum Gasteiger partial charge on any atom is -0.444 e. The van der Waals surface area contributed by atoms with Gasteiger partial charge in [0.2, 0.25) is 11.8 Å². The third kappa shape index (κ3) is 6.75. The van der Waals surface area contributed by atoms with Crippen LogP contribution in [0, 0.1) is 5.92 Å². The molecule has 1 aromatic carbocycles. The predicted molar refractivity (Wildman–Crippen MR) is 172 cm³/mol.